The van der Waals surface area contributed by atoms with Crippen LogP contribution in [0.5, 0.6) is 5.75 Å². The SMILES string of the molecule is CC(C)C1CCN(C(=O)Nc2ccc(C(=O)O)c(O)c2)C1. The monoisotopic (exact) mass is 292 g/mol. The van der Waals surface area contributed by atoms with Crippen molar-refractivity contribution >= 4 is 17.7 Å². The van der Waals surface area contributed by atoms with Gasteiger partial charge in [-0.25, -0.2) is 9.59 Å². The van der Waals surface area contributed by atoms with Crippen molar-refractivity contribution in [2.45, 2.75) is 20.3 Å². The van der Waals surface area contributed by atoms with Gasteiger partial charge in [-0.05, 0) is 30.4 Å². The minimum atomic E-state index is -1.20. The normalized spacial score (nSPS) is 18.0. The fourth-order valence-electron chi connectivity index (χ4n) is 2.51. The highest BCUT2D eigenvalue weighted by atomic mass is 16.4. The number of carboxylic acids is 1. The van der Waals surface area contributed by atoms with Crippen LogP contribution in [0.3, 0.4) is 0 Å². The van der Waals surface area contributed by atoms with Crippen molar-refractivity contribution in [2.75, 3.05) is 18.4 Å². The number of nitrogens with one attached hydrogen (secondary N) is 1. The third-order valence-corrected chi connectivity index (χ3v) is 3.93. The molecule has 1 aromatic rings. The fraction of sp³-hybridized carbons (Fsp3) is 0.467. The quantitative estimate of drug-likeness (QED) is 0.798. The molecule has 0 spiro atoms. The smallest absolute Gasteiger partial charge is 0.339 e. The first kappa shape index (κ1) is 15.2. The highest BCUT2D eigenvalue weighted by Gasteiger charge is 2.28. The molecule has 0 aliphatic carbocycles. The Balaban J connectivity index is 2.00. The van der Waals surface area contributed by atoms with Crippen molar-refractivity contribution in [3.05, 3.63) is 23.8 Å². The van der Waals surface area contributed by atoms with Gasteiger partial charge < -0.3 is 20.4 Å². The van der Waals surface area contributed by atoms with Crippen molar-refractivity contribution in [1.82, 2.24) is 4.90 Å². The van der Waals surface area contributed by atoms with Crippen LogP contribution in [0.4, 0.5) is 10.5 Å². The number of amides is 2. The topological polar surface area (TPSA) is 89.9 Å². The standard InChI is InChI=1S/C15H20N2O4/c1-9(2)10-5-6-17(8-10)15(21)16-11-3-4-12(14(19)20)13(18)7-11/h3-4,7,9-10,18H,5-6,8H2,1-2H3,(H,16,21)(H,19,20). The molecule has 1 saturated heterocycles. The molecule has 1 fully saturated rings. The van der Waals surface area contributed by atoms with Crippen LogP contribution in [0, 0.1) is 11.8 Å². The summed E-state index contributed by atoms with van der Waals surface area (Å²) >= 11 is 0. The Kier molecular flexibility index (Phi) is 4.35. The van der Waals surface area contributed by atoms with Gasteiger partial charge >= 0.3 is 12.0 Å². The number of urea groups is 1. The van der Waals surface area contributed by atoms with E-state index in [1.165, 1.54) is 18.2 Å². The molecule has 1 aromatic carbocycles. The second-order valence-electron chi connectivity index (χ2n) is 5.71. The summed E-state index contributed by atoms with van der Waals surface area (Å²) in [5.41, 5.74) is 0.199. The van der Waals surface area contributed by atoms with Crippen LogP contribution in [-0.4, -0.2) is 40.2 Å². The molecule has 0 saturated carbocycles. The number of benzene rings is 1. The summed E-state index contributed by atoms with van der Waals surface area (Å²) in [5.74, 6) is -0.508. The number of nitrogens with zero attached hydrogens (tertiary/aromatic N) is 1. The van der Waals surface area contributed by atoms with Gasteiger partial charge in [0.05, 0.1) is 0 Å². The van der Waals surface area contributed by atoms with Crippen molar-refractivity contribution < 1.29 is 19.8 Å². The lowest BCUT2D eigenvalue weighted by molar-refractivity contribution is 0.0694. The van der Waals surface area contributed by atoms with Crippen LogP contribution < -0.4 is 5.32 Å². The predicted octanol–water partition coefficient (Wildman–Crippen LogP) is 2.60. The van der Waals surface area contributed by atoms with Gasteiger partial charge in [0, 0.05) is 24.8 Å². The Morgan fingerprint density at radius 1 is 1.38 bits per heavy atom. The summed E-state index contributed by atoms with van der Waals surface area (Å²) in [6, 6.07) is 3.77. The Morgan fingerprint density at radius 2 is 2.10 bits per heavy atom. The molecule has 0 aromatic heterocycles. The summed E-state index contributed by atoms with van der Waals surface area (Å²) in [6.07, 6.45) is 0.994. The lowest BCUT2D eigenvalue weighted by Crippen LogP contribution is -2.33. The van der Waals surface area contributed by atoms with Crippen LogP contribution in [-0.2, 0) is 0 Å². The molecule has 2 rings (SSSR count). The van der Waals surface area contributed by atoms with E-state index in [1.54, 1.807) is 4.90 Å². The number of carboxylic acid groups (broad SMARTS) is 1. The van der Waals surface area contributed by atoms with Gasteiger partial charge in [0.15, 0.2) is 0 Å². The van der Waals surface area contributed by atoms with Gasteiger partial charge in [-0.2, -0.15) is 0 Å². The zero-order valence-corrected chi connectivity index (χ0v) is 12.2. The highest BCUT2D eigenvalue weighted by Crippen LogP contribution is 2.25. The number of aromatic carboxylic acids is 1. The van der Waals surface area contributed by atoms with E-state index in [9.17, 15) is 14.7 Å². The van der Waals surface area contributed by atoms with Gasteiger partial charge in [0.25, 0.3) is 0 Å². The molecular weight excluding hydrogens is 272 g/mol. The van der Waals surface area contributed by atoms with Crippen molar-refractivity contribution in [2.24, 2.45) is 11.8 Å². The number of carbonyl (C=O) groups is 2. The molecule has 1 atom stereocenters. The molecule has 114 valence electrons. The lowest BCUT2D eigenvalue weighted by atomic mass is 9.95. The van der Waals surface area contributed by atoms with E-state index in [1.807, 2.05) is 0 Å². The van der Waals surface area contributed by atoms with Crippen LogP contribution in [0.1, 0.15) is 30.6 Å². The first-order valence-corrected chi connectivity index (χ1v) is 7.00. The summed E-state index contributed by atoms with van der Waals surface area (Å²) < 4.78 is 0. The largest absolute Gasteiger partial charge is 0.507 e. The molecule has 1 heterocycles. The van der Waals surface area contributed by atoms with E-state index >= 15 is 0 Å². The zero-order chi connectivity index (χ0) is 15.6. The number of likely N-dealkylation sites (tertiary alicyclic amines) is 1. The number of rotatable bonds is 3. The van der Waals surface area contributed by atoms with Crippen molar-refractivity contribution in [1.29, 1.82) is 0 Å². The van der Waals surface area contributed by atoms with E-state index in [0.29, 0.717) is 24.1 Å². The summed E-state index contributed by atoms with van der Waals surface area (Å²) in [6.45, 7) is 5.74. The Bertz CT molecular complexity index is 557. The predicted molar refractivity (Wildman–Crippen MR) is 78.6 cm³/mol. The maximum Gasteiger partial charge on any atom is 0.339 e. The van der Waals surface area contributed by atoms with Crippen molar-refractivity contribution in [3.8, 4) is 5.75 Å². The molecule has 1 unspecified atom stereocenters. The Labute approximate surface area is 123 Å². The lowest BCUT2D eigenvalue weighted by Gasteiger charge is -2.19. The van der Waals surface area contributed by atoms with Gasteiger partial charge in [0.1, 0.15) is 11.3 Å². The molecule has 1 aliphatic rings. The molecule has 6 heteroatoms. The summed E-state index contributed by atoms with van der Waals surface area (Å²) in [5, 5.41) is 21.1. The second kappa shape index (κ2) is 6.03. The second-order valence-corrected chi connectivity index (χ2v) is 5.71. The van der Waals surface area contributed by atoms with E-state index in [4.69, 9.17) is 5.11 Å². The first-order chi connectivity index (χ1) is 9.88. The molecule has 1 aliphatic heterocycles. The maximum absolute atomic E-state index is 12.1. The minimum Gasteiger partial charge on any atom is -0.507 e. The average Bonchev–Trinajstić information content (AvgIpc) is 2.88. The van der Waals surface area contributed by atoms with Crippen LogP contribution in [0.2, 0.25) is 0 Å². The van der Waals surface area contributed by atoms with Gasteiger partial charge in [-0.3, -0.25) is 0 Å². The Morgan fingerprint density at radius 3 is 2.62 bits per heavy atom. The maximum atomic E-state index is 12.1. The molecule has 6 nitrogen and oxygen atoms in total. The molecule has 2 amide bonds. The number of phenols is 1. The molecule has 3 N–H and O–H groups in total. The molecule has 0 radical (unpaired) electrons. The molecule has 0 bridgehead atoms. The van der Waals surface area contributed by atoms with Crippen LogP contribution in [0.25, 0.3) is 0 Å². The third kappa shape index (κ3) is 3.45. The fourth-order valence-corrected chi connectivity index (χ4v) is 2.51. The summed E-state index contributed by atoms with van der Waals surface area (Å²) in [4.78, 5) is 24.7. The van der Waals surface area contributed by atoms with E-state index < -0.39 is 5.97 Å². The zero-order valence-electron chi connectivity index (χ0n) is 12.2. The number of carbonyl (C=O) groups excluding carboxylic acids is 1. The third-order valence-electron chi connectivity index (χ3n) is 3.93. The first-order valence-electron chi connectivity index (χ1n) is 7.00. The average molecular weight is 292 g/mol. The minimum absolute atomic E-state index is 0.186. The molecular formula is C15H20N2O4. The number of anilines is 1. The van der Waals surface area contributed by atoms with Crippen molar-refractivity contribution in [3.63, 3.8) is 0 Å². The van der Waals surface area contributed by atoms with Crippen LogP contribution >= 0.6 is 0 Å². The Hall–Kier alpha value is -2.24. The van der Waals surface area contributed by atoms with Gasteiger partial charge in [-0.15, -0.1) is 0 Å². The number of hydrogen-bond acceptors (Lipinski definition) is 3. The number of hydrogen-bond donors (Lipinski definition) is 3. The van der Waals surface area contributed by atoms with Crippen LogP contribution in [0.15, 0.2) is 18.2 Å². The van der Waals surface area contributed by atoms with E-state index in [-0.39, 0.29) is 17.3 Å². The van der Waals surface area contributed by atoms with E-state index in [0.717, 1.165) is 13.0 Å². The van der Waals surface area contributed by atoms with E-state index in [2.05, 4.69) is 19.2 Å². The molecule has 21 heavy (non-hydrogen) atoms. The van der Waals surface area contributed by atoms with Gasteiger partial charge in [0.2, 0.25) is 0 Å². The highest BCUT2D eigenvalue weighted by molar-refractivity contribution is 5.94. The number of aromatic hydroxyl groups is 1. The van der Waals surface area contributed by atoms with Gasteiger partial charge in [-0.1, -0.05) is 13.8 Å². The summed E-state index contributed by atoms with van der Waals surface area (Å²) in [7, 11) is 0.